The van der Waals surface area contributed by atoms with Crippen molar-refractivity contribution in [2.75, 3.05) is 46.3 Å². The quantitative estimate of drug-likeness (QED) is 0.654. The number of piperazine rings is 1. The van der Waals surface area contributed by atoms with Gasteiger partial charge in [-0.3, -0.25) is 14.6 Å². The van der Waals surface area contributed by atoms with Gasteiger partial charge in [0.15, 0.2) is 0 Å². The average Bonchev–Trinajstić information content (AvgIpc) is 2.28. The van der Waals surface area contributed by atoms with E-state index in [0.29, 0.717) is 6.42 Å². The Morgan fingerprint density at radius 1 is 1.50 bits per heavy atom. The number of nitrogens with one attached hydrogen (secondary N) is 1. The maximum absolute atomic E-state index is 11.0. The van der Waals surface area contributed by atoms with Crippen LogP contribution in [0.15, 0.2) is 0 Å². The van der Waals surface area contributed by atoms with Crippen molar-refractivity contribution in [1.82, 2.24) is 15.1 Å². The van der Waals surface area contributed by atoms with Gasteiger partial charge in [-0.1, -0.05) is 6.92 Å². The molecule has 1 saturated heterocycles. The Bertz CT molecular complexity index is 217. The Hall–Kier alpha value is -0.650. The summed E-state index contributed by atoms with van der Waals surface area (Å²) in [4.78, 5) is 15.3. The van der Waals surface area contributed by atoms with Gasteiger partial charge in [0.25, 0.3) is 0 Å². The topological polar surface area (TPSA) is 55.8 Å². The molecule has 5 heteroatoms. The minimum Gasteiger partial charge on any atom is -0.480 e. The second kappa shape index (κ2) is 6.83. The first-order chi connectivity index (χ1) is 7.65. The van der Waals surface area contributed by atoms with Crippen molar-refractivity contribution in [3.63, 3.8) is 0 Å². The van der Waals surface area contributed by atoms with E-state index in [1.807, 2.05) is 18.9 Å². The summed E-state index contributed by atoms with van der Waals surface area (Å²) in [6.07, 6.45) is 0.660. The SMILES string of the molecule is CCC(C(=O)O)N(C)CCN1CCNCC1. The standard InChI is InChI=1S/C11H23N3O2/c1-3-10(11(15)16)13(2)8-9-14-6-4-12-5-7-14/h10,12H,3-9H2,1-2H3,(H,15,16). The number of aliphatic carboxylic acids is 1. The molecule has 0 aliphatic carbocycles. The van der Waals surface area contributed by atoms with Crippen LogP contribution in [-0.2, 0) is 4.79 Å². The zero-order valence-electron chi connectivity index (χ0n) is 10.3. The lowest BCUT2D eigenvalue weighted by Crippen LogP contribution is -2.48. The Labute approximate surface area is 97.4 Å². The van der Waals surface area contributed by atoms with Gasteiger partial charge in [0.1, 0.15) is 6.04 Å². The first-order valence-corrected chi connectivity index (χ1v) is 6.01. The van der Waals surface area contributed by atoms with E-state index in [-0.39, 0.29) is 6.04 Å². The second-order valence-electron chi connectivity index (χ2n) is 4.33. The lowest BCUT2D eigenvalue weighted by Gasteiger charge is -2.30. The van der Waals surface area contributed by atoms with Crippen molar-refractivity contribution in [2.45, 2.75) is 19.4 Å². The van der Waals surface area contributed by atoms with Crippen LogP contribution in [0, 0.1) is 0 Å². The van der Waals surface area contributed by atoms with Gasteiger partial charge in [0, 0.05) is 39.3 Å². The average molecular weight is 229 g/mol. The molecular weight excluding hydrogens is 206 g/mol. The van der Waals surface area contributed by atoms with Gasteiger partial charge >= 0.3 is 5.97 Å². The smallest absolute Gasteiger partial charge is 0.320 e. The Morgan fingerprint density at radius 2 is 2.12 bits per heavy atom. The van der Waals surface area contributed by atoms with Crippen LogP contribution >= 0.6 is 0 Å². The third-order valence-corrected chi connectivity index (χ3v) is 3.18. The summed E-state index contributed by atoms with van der Waals surface area (Å²) >= 11 is 0. The van der Waals surface area contributed by atoms with Gasteiger partial charge in [0.05, 0.1) is 0 Å². The molecule has 1 rings (SSSR count). The maximum Gasteiger partial charge on any atom is 0.320 e. The van der Waals surface area contributed by atoms with Crippen LogP contribution in [0.2, 0.25) is 0 Å². The highest BCUT2D eigenvalue weighted by Gasteiger charge is 2.20. The molecule has 1 aliphatic rings. The molecule has 0 saturated carbocycles. The fraction of sp³-hybridized carbons (Fsp3) is 0.909. The summed E-state index contributed by atoms with van der Waals surface area (Å²) in [6.45, 7) is 7.92. The number of rotatable bonds is 6. The van der Waals surface area contributed by atoms with E-state index in [1.165, 1.54) is 0 Å². The van der Waals surface area contributed by atoms with Crippen LogP contribution in [0.5, 0.6) is 0 Å². The molecule has 0 bridgehead atoms. The largest absolute Gasteiger partial charge is 0.480 e. The van der Waals surface area contributed by atoms with Crippen LogP contribution in [0.4, 0.5) is 0 Å². The highest BCUT2D eigenvalue weighted by molar-refractivity contribution is 5.73. The molecule has 2 N–H and O–H groups in total. The van der Waals surface area contributed by atoms with E-state index in [4.69, 9.17) is 5.11 Å². The third-order valence-electron chi connectivity index (χ3n) is 3.18. The summed E-state index contributed by atoms with van der Waals surface area (Å²) in [7, 11) is 1.89. The lowest BCUT2D eigenvalue weighted by molar-refractivity contribution is -0.142. The van der Waals surface area contributed by atoms with Crippen LogP contribution in [0.3, 0.4) is 0 Å². The molecule has 1 fully saturated rings. The van der Waals surface area contributed by atoms with E-state index in [0.717, 1.165) is 39.3 Å². The Morgan fingerprint density at radius 3 is 2.62 bits per heavy atom. The van der Waals surface area contributed by atoms with Gasteiger partial charge in [-0.15, -0.1) is 0 Å². The zero-order valence-corrected chi connectivity index (χ0v) is 10.3. The molecule has 0 amide bonds. The lowest BCUT2D eigenvalue weighted by atomic mass is 10.2. The number of hydrogen-bond donors (Lipinski definition) is 2. The predicted molar refractivity (Wildman–Crippen MR) is 63.7 cm³/mol. The molecule has 1 heterocycles. The van der Waals surface area contributed by atoms with Crippen LogP contribution in [-0.4, -0.2) is 73.2 Å². The van der Waals surface area contributed by atoms with Crippen LogP contribution in [0.1, 0.15) is 13.3 Å². The monoisotopic (exact) mass is 229 g/mol. The minimum atomic E-state index is -0.717. The molecule has 0 radical (unpaired) electrons. The molecule has 1 aliphatic heterocycles. The van der Waals surface area contributed by atoms with E-state index in [9.17, 15) is 4.79 Å². The van der Waals surface area contributed by atoms with E-state index in [1.54, 1.807) is 0 Å². The Kier molecular flexibility index (Phi) is 5.73. The summed E-state index contributed by atoms with van der Waals surface area (Å²) in [5.41, 5.74) is 0. The van der Waals surface area contributed by atoms with Crippen molar-refractivity contribution in [3.05, 3.63) is 0 Å². The van der Waals surface area contributed by atoms with Crippen LogP contribution < -0.4 is 5.32 Å². The van der Waals surface area contributed by atoms with Crippen molar-refractivity contribution >= 4 is 5.97 Å². The first kappa shape index (κ1) is 13.4. The minimum absolute atomic E-state index is 0.345. The second-order valence-corrected chi connectivity index (χ2v) is 4.33. The fourth-order valence-corrected chi connectivity index (χ4v) is 2.06. The van der Waals surface area contributed by atoms with Crippen molar-refractivity contribution < 1.29 is 9.90 Å². The van der Waals surface area contributed by atoms with Crippen molar-refractivity contribution in [2.24, 2.45) is 0 Å². The molecule has 94 valence electrons. The summed E-state index contributed by atoms with van der Waals surface area (Å²) in [5.74, 6) is -0.717. The summed E-state index contributed by atoms with van der Waals surface area (Å²) in [5, 5.41) is 12.3. The van der Waals surface area contributed by atoms with E-state index >= 15 is 0 Å². The number of nitrogens with zero attached hydrogens (tertiary/aromatic N) is 2. The molecule has 16 heavy (non-hydrogen) atoms. The molecule has 0 aromatic heterocycles. The number of carboxylic acid groups (broad SMARTS) is 1. The van der Waals surface area contributed by atoms with Crippen LogP contribution in [0.25, 0.3) is 0 Å². The predicted octanol–water partition coefficient (Wildman–Crippen LogP) is -0.313. The number of carbonyl (C=O) groups is 1. The third kappa shape index (κ3) is 4.08. The molecule has 1 atom stereocenters. The zero-order chi connectivity index (χ0) is 12.0. The fourth-order valence-electron chi connectivity index (χ4n) is 2.06. The van der Waals surface area contributed by atoms with Gasteiger partial charge < -0.3 is 10.4 Å². The molecule has 0 aromatic carbocycles. The van der Waals surface area contributed by atoms with Crippen molar-refractivity contribution in [3.8, 4) is 0 Å². The molecule has 0 aromatic rings. The highest BCUT2D eigenvalue weighted by atomic mass is 16.4. The van der Waals surface area contributed by atoms with Gasteiger partial charge in [-0.05, 0) is 13.5 Å². The number of hydrogen-bond acceptors (Lipinski definition) is 4. The van der Waals surface area contributed by atoms with Gasteiger partial charge in [-0.2, -0.15) is 0 Å². The molecule has 5 nitrogen and oxygen atoms in total. The van der Waals surface area contributed by atoms with E-state index < -0.39 is 5.97 Å². The number of likely N-dealkylation sites (N-methyl/N-ethyl adjacent to an activating group) is 1. The van der Waals surface area contributed by atoms with E-state index in [2.05, 4.69) is 10.2 Å². The first-order valence-electron chi connectivity index (χ1n) is 6.01. The summed E-state index contributed by atoms with van der Waals surface area (Å²) in [6, 6.07) is -0.345. The molecular formula is C11H23N3O2. The summed E-state index contributed by atoms with van der Waals surface area (Å²) < 4.78 is 0. The Balaban J connectivity index is 2.27. The number of carboxylic acids is 1. The van der Waals surface area contributed by atoms with Gasteiger partial charge in [-0.25, -0.2) is 0 Å². The van der Waals surface area contributed by atoms with Gasteiger partial charge in [0.2, 0.25) is 0 Å². The maximum atomic E-state index is 11.0. The normalized spacial score (nSPS) is 19.9. The molecule has 1 unspecified atom stereocenters. The molecule has 0 spiro atoms. The highest BCUT2D eigenvalue weighted by Crippen LogP contribution is 2.02. The van der Waals surface area contributed by atoms with Crippen molar-refractivity contribution in [1.29, 1.82) is 0 Å².